The van der Waals surface area contributed by atoms with Gasteiger partial charge in [-0.2, -0.15) is 5.10 Å². The van der Waals surface area contributed by atoms with Crippen molar-refractivity contribution in [2.45, 2.75) is 78.4 Å². The molecule has 3 atom stereocenters. The lowest BCUT2D eigenvalue weighted by Gasteiger charge is -2.28. The van der Waals surface area contributed by atoms with Gasteiger partial charge in [-0.15, -0.1) is 0 Å². The number of hydrogen-bond donors (Lipinski definition) is 1. The third-order valence-corrected chi connectivity index (χ3v) is 4.47. The molecule has 0 radical (unpaired) electrons. The predicted molar refractivity (Wildman–Crippen MR) is 78.3 cm³/mol. The average molecular weight is 264 g/mol. The van der Waals surface area contributed by atoms with Gasteiger partial charge in [0.1, 0.15) is 0 Å². The molecule has 3 heteroatoms. The van der Waals surface area contributed by atoms with Crippen molar-refractivity contribution < 1.29 is 5.11 Å². The highest BCUT2D eigenvalue weighted by atomic mass is 16.3. The van der Waals surface area contributed by atoms with E-state index in [4.69, 9.17) is 5.10 Å². The summed E-state index contributed by atoms with van der Waals surface area (Å²) in [5, 5.41) is 14.9. The van der Waals surface area contributed by atoms with Crippen molar-refractivity contribution >= 4 is 0 Å². The molecule has 0 spiro atoms. The van der Waals surface area contributed by atoms with Gasteiger partial charge in [0.25, 0.3) is 0 Å². The molecule has 1 N–H and O–H groups in total. The van der Waals surface area contributed by atoms with Gasteiger partial charge < -0.3 is 5.11 Å². The summed E-state index contributed by atoms with van der Waals surface area (Å²) in [7, 11) is 0. The van der Waals surface area contributed by atoms with Gasteiger partial charge in [0.15, 0.2) is 0 Å². The Bertz CT molecular complexity index is 423. The van der Waals surface area contributed by atoms with Gasteiger partial charge in [0.2, 0.25) is 0 Å². The number of nitrogens with zero attached hydrogens (tertiary/aromatic N) is 2. The van der Waals surface area contributed by atoms with E-state index in [-0.39, 0.29) is 0 Å². The van der Waals surface area contributed by atoms with E-state index in [1.807, 2.05) is 6.92 Å². The van der Waals surface area contributed by atoms with Crippen molar-refractivity contribution in [3.05, 3.63) is 17.0 Å². The fourth-order valence-electron chi connectivity index (χ4n) is 3.56. The first kappa shape index (κ1) is 14.6. The van der Waals surface area contributed by atoms with Gasteiger partial charge in [-0.3, -0.25) is 4.68 Å². The van der Waals surface area contributed by atoms with Gasteiger partial charge >= 0.3 is 0 Å². The minimum Gasteiger partial charge on any atom is -0.389 e. The Morgan fingerprint density at radius 1 is 1.32 bits per heavy atom. The largest absolute Gasteiger partial charge is 0.389 e. The molecule has 1 aliphatic carbocycles. The number of aliphatic hydroxyl groups is 1. The van der Waals surface area contributed by atoms with Crippen LogP contribution in [0.5, 0.6) is 0 Å². The molecular weight excluding hydrogens is 236 g/mol. The first-order chi connectivity index (χ1) is 9.08. The van der Waals surface area contributed by atoms with E-state index in [9.17, 15) is 5.11 Å². The van der Waals surface area contributed by atoms with Crippen LogP contribution in [0, 0.1) is 5.92 Å². The molecule has 3 unspecified atom stereocenters. The van der Waals surface area contributed by atoms with Gasteiger partial charge in [0.05, 0.1) is 17.8 Å². The zero-order valence-electron chi connectivity index (χ0n) is 12.8. The molecule has 1 aliphatic rings. The van der Waals surface area contributed by atoms with Crippen molar-refractivity contribution in [2.75, 3.05) is 0 Å². The fourth-order valence-corrected chi connectivity index (χ4v) is 3.56. The zero-order valence-corrected chi connectivity index (χ0v) is 12.8. The second kappa shape index (κ2) is 6.08. The van der Waals surface area contributed by atoms with E-state index in [0.717, 1.165) is 30.0 Å². The normalized spacial score (nSPS) is 25.5. The van der Waals surface area contributed by atoms with Crippen molar-refractivity contribution in [2.24, 2.45) is 5.92 Å². The molecule has 3 nitrogen and oxygen atoms in total. The highest BCUT2D eigenvalue weighted by Gasteiger charge is 2.26. The van der Waals surface area contributed by atoms with Crippen molar-refractivity contribution in [3.8, 4) is 0 Å². The Labute approximate surface area is 117 Å². The van der Waals surface area contributed by atoms with Gasteiger partial charge in [-0.25, -0.2) is 0 Å². The second-order valence-electron chi connectivity index (χ2n) is 6.06. The molecule has 19 heavy (non-hydrogen) atoms. The van der Waals surface area contributed by atoms with Crippen LogP contribution >= 0.6 is 0 Å². The average Bonchev–Trinajstić information content (AvgIpc) is 2.77. The summed E-state index contributed by atoms with van der Waals surface area (Å²) in [6, 6.07) is 0.538. The smallest absolute Gasteiger partial charge is 0.0798 e. The van der Waals surface area contributed by atoms with Crippen LogP contribution in [0.25, 0.3) is 0 Å². The highest BCUT2D eigenvalue weighted by Crippen LogP contribution is 2.35. The summed E-state index contributed by atoms with van der Waals surface area (Å²) >= 11 is 0. The van der Waals surface area contributed by atoms with Crippen LogP contribution in [0.15, 0.2) is 0 Å². The lowest BCUT2D eigenvalue weighted by atomic mass is 9.87. The second-order valence-corrected chi connectivity index (χ2v) is 6.06. The molecule has 108 valence electrons. The van der Waals surface area contributed by atoms with Gasteiger partial charge in [-0.05, 0) is 38.5 Å². The molecule has 1 fully saturated rings. The summed E-state index contributed by atoms with van der Waals surface area (Å²) in [5.74, 6) is 0.799. The topological polar surface area (TPSA) is 38.0 Å². The number of aryl methyl sites for hydroxylation is 1. The number of aromatic nitrogens is 2. The quantitative estimate of drug-likeness (QED) is 0.898. The molecule has 1 aromatic rings. The van der Waals surface area contributed by atoms with E-state index in [1.54, 1.807) is 0 Å². The van der Waals surface area contributed by atoms with Crippen LogP contribution in [-0.4, -0.2) is 14.9 Å². The third kappa shape index (κ3) is 2.86. The van der Waals surface area contributed by atoms with Gasteiger partial charge in [0, 0.05) is 11.3 Å². The summed E-state index contributed by atoms with van der Waals surface area (Å²) in [6.45, 7) is 8.51. The maximum absolute atomic E-state index is 10.1. The molecule has 0 amide bonds. The first-order valence-electron chi connectivity index (χ1n) is 7.86. The van der Waals surface area contributed by atoms with E-state index in [2.05, 4.69) is 25.5 Å². The fraction of sp³-hybridized carbons (Fsp3) is 0.812. The summed E-state index contributed by atoms with van der Waals surface area (Å²) in [5.41, 5.74) is 3.43. The van der Waals surface area contributed by atoms with Crippen LogP contribution in [0.4, 0.5) is 0 Å². The number of hydrogen-bond acceptors (Lipinski definition) is 2. The lowest BCUT2D eigenvalue weighted by Crippen LogP contribution is -2.20. The molecule has 2 rings (SSSR count). The maximum Gasteiger partial charge on any atom is 0.0798 e. The molecule has 1 saturated carbocycles. The molecular formula is C16H28N2O. The van der Waals surface area contributed by atoms with E-state index in [1.165, 1.54) is 31.4 Å². The molecule has 0 bridgehead atoms. The van der Waals surface area contributed by atoms with Crippen molar-refractivity contribution in [1.82, 2.24) is 9.78 Å². The van der Waals surface area contributed by atoms with Gasteiger partial charge in [-0.1, -0.05) is 33.6 Å². The van der Waals surface area contributed by atoms with Crippen molar-refractivity contribution in [1.29, 1.82) is 0 Å². The third-order valence-electron chi connectivity index (χ3n) is 4.47. The Morgan fingerprint density at radius 2 is 2.05 bits per heavy atom. The van der Waals surface area contributed by atoms with Crippen LogP contribution in [0.3, 0.4) is 0 Å². The summed E-state index contributed by atoms with van der Waals surface area (Å²) in [4.78, 5) is 0. The van der Waals surface area contributed by atoms with Crippen molar-refractivity contribution in [3.63, 3.8) is 0 Å². The Hall–Kier alpha value is -0.830. The lowest BCUT2D eigenvalue weighted by molar-refractivity contribution is 0.196. The molecule has 1 heterocycles. The van der Waals surface area contributed by atoms with Crippen LogP contribution in [0.1, 0.15) is 82.5 Å². The highest BCUT2D eigenvalue weighted by molar-refractivity contribution is 5.29. The number of rotatable bonds is 4. The Morgan fingerprint density at radius 3 is 2.58 bits per heavy atom. The maximum atomic E-state index is 10.1. The Balaban J connectivity index is 2.39. The standard InChI is InChI=1S/C16H28N2O/c1-5-14-16(12(4)19)15(6-2)18(17-14)13-9-7-8-11(3)10-13/h11-13,19H,5-10H2,1-4H3. The van der Waals surface area contributed by atoms with Crippen LogP contribution in [-0.2, 0) is 12.8 Å². The molecule has 1 aromatic heterocycles. The SMILES string of the molecule is CCc1nn(C2CCCC(C)C2)c(CC)c1C(C)O. The van der Waals surface area contributed by atoms with E-state index >= 15 is 0 Å². The molecule has 0 aliphatic heterocycles. The van der Waals surface area contributed by atoms with E-state index < -0.39 is 6.10 Å². The summed E-state index contributed by atoms with van der Waals surface area (Å²) < 4.78 is 2.25. The predicted octanol–water partition coefficient (Wildman–Crippen LogP) is 3.81. The minimum atomic E-state index is -0.403. The monoisotopic (exact) mass is 264 g/mol. The Kier molecular flexibility index (Phi) is 4.67. The summed E-state index contributed by atoms with van der Waals surface area (Å²) in [6.07, 6.45) is 6.59. The zero-order chi connectivity index (χ0) is 14.0. The number of aliphatic hydroxyl groups excluding tert-OH is 1. The van der Waals surface area contributed by atoms with E-state index in [0.29, 0.717) is 6.04 Å². The molecule has 0 saturated heterocycles. The minimum absolute atomic E-state index is 0.403. The van der Waals surface area contributed by atoms with Crippen LogP contribution < -0.4 is 0 Å². The first-order valence-corrected chi connectivity index (χ1v) is 7.86. The molecule has 0 aromatic carbocycles. The van der Waals surface area contributed by atoms with Crippen LogP contribution in [0.2, 0.25) is 0 Å².